The molecule has 4 atom stereocenters. The van der Waals surface area contributed by atoms with Crippen molar-refractivity contribution in [2.75, 3.05) is 50.8 Å². The summed E-state index contributed by atoms with van der Waals surface area (Å²) in [5.74, 6) is 1.29. The predicted molar refractivity (Wildman–Crippen MR) is 186 cm³/mol. The van der Waals surface area contributed by atoms with Crippen molar-refractivity contribution in [3.63, 3.8) is 0 Å². The summed E-state index contributed by atoms with van der Waals surface area (Å²) in [6.07, 6.45) is 7.19. The second-order valence-corrected chi connectivity index (χ2v) is 13.7. The molecule has 0 aromatic heterocycles. The first-order chi connectivity index (χ1) is 23.6. The molecule has 0 unspecified atom stereocenters. The van der Waals surface area contributed by atoms with Gasteiger partial charge in [-0.3, -0.25) is 9.59 Å². The van der Waals surface area contributed by atoms with Crippen molar-refractivity contribution in [3.8, 4) is 17.2 Å². The van der Waals surface area contributed by atoms with Crippen molar-refractivity contribution in [2.45, 2.75) is 90.4 Å². The Bertz CT molecular complexity index is 1450. The Balaban J connectivity index is 1.36. The fraction of sp³-hybridized carbons (Fsp3) is 0.595. The lowest BCUT2D eigenvalue weighted by Crippen LogP contribution is -2.48. The zero-order valence-electron chi connectivity index (χ0n) is 29.2. The monoisotopic (exact) mass is 680 g/mol. The van der Waals surface area contributed by atoms with E-state index in [4.69, 9.17) is 18.9 Å². The molecule has 0 spiro atoms. The molecule has 2 aromatic carbocycles. The Labute approximate surface area is 289 Å². The topological polar surface area (TPSA) is 139 Å². The molecule has 0 radical (unpaired) electrons. The van der Waals surface area contributed by atoms with Crippen LogP contribution in [0.15, 0.2) is 36.4 Å². The highest BCUT2D eigenvalue weighted by Crippen LogP contribution is 2.34. The zero-order valence-corrected chi connectivity index (χ0v) is 29.2. The number of carbonyl (C=O) groups is 3. The van der Waals surface area contributed by atoms with Gasteiger partial charge in [0.1, 0.15) is 5.75 Å². The molecule has 268 valence electrons. The second-order valence-electron chi connectivity index (χ2n) is 13.7. The van der Waals surface area contributed by atoms with Gasteiger partial charge in [0.2, 0.25) is 12.7 Å². The zero-order chi connectivity index (χ0) is 34.9. The number of ether oxygens (including phenoxy) is 4. The predicted octanol–water partition coefficient (Wildman–Crippen LogP) is 5.89. The molecule has 4 amide bonds. The van der Waals surface area contributed by atoms with Crippen molar-refractivity contribution in [1.29, 1.82) is 0 Å². The fourth-order valence-corrected chi connectivity index (χ4v) is 6.75. The van der Waals surface area contributed by atoms with Gasteiger partial charge in [0, 0.05) is 56.0 Å². The van der Waals surface area contributed by atoms with E-state index < -0.39 is 12.1 Å². The number of anilines is 2. The van der Waals surface area contributed by atoms with Gasteiger partial charge in [0.15, 0.2) is 11.5 Å². The molecule has 1 aliphatic carbocycles. The van der Waals surface area contributed by atoms with Gasteiger partial charge in [-0.15, -0.1) is 0 Å². The first-order valence-electron chi connectivity index (χ1n) is 17.7. The number of aliphatic hydroxyl groups is 1. The number of amides is 4. The van der Waals surface area contributed by atoms with Gasteiger partial charge in [0.05, 0.1) is 30.4 Å². The third-order valence-corrected chi connectivity index (χ3v) is 9.72. The minimum absolute atomic E-state index is 0.0555. The Kier molecular flexibility index (Phi) is 12.6. The quantitative estimate of drug-likeness (QED) is 0.329. The molecule has 3 aliphatic rings. The van der Waals surface area contributed by atoms with Crippen LogP contribution in [0, 0.1) is 11.8 Å². The molecule has 0 bridgehead atoms. The van der Waals surface area contributed by atoms with E-state index in [0.29, 0.717) is 41.8 Å². The molecule has 0 saturated heterocycles. The molecular formula is C37H52N4O8. The van der Waals surface area contributed by atoms with Crippen molar-refractivity contribution in [1.82, 2.24) is 9.80 Å². The SMILES string of the molecule is C[C@@H]1CCCCO[C@@H](CN(C)C(=O)C2CCCCC2)[C@H](C)CN([C@@H](C)CO)C(=O)c2cc(NC(=O)Nc3ccc4c(c3)OCO4)ccc2O1. The lowest BCUT2D eigenvalue weighted by atomic mass is 9.88. The molecule has 1 saturated carbocycles. The number of hydrogen-bond donors (Lipinski definition) is 3. The number of benzene rings is 2. The van der Waals surface area contributed by atoms with Crippen molar-refractivity contribution in [3.05, 3.63) is 42.0 Å². The maximum Gasteiger partial charge on any atom is 0.323 e. The second kappa shape index (κ2) is 17.1. The van der Waals surface area contributed by atoms with Gasteiger partial charge >= 0.3 is 6.03 Å². The first-order valence-corrected chi connectivity index (χ1v) is 17.7. The molecule has 2 aromatic rings. The van der Waals surface area contributed by atoms with E-state index >= 15 is 0 Å². The number of fused-ring (bicyclic) bond motifs is 2. The molecule has 49 heavy (non-hydrogen) atoms. The fourth-order valence-electron chi connectivity index (χ4n) is 6.75. The Morgan fingerprint density at radius 3 is 2.35 bits per heavy atom. The number of nitrogens with zero attached hydrogens (tertiary/aromatic N) is 2. The third kappa shape index (κ3) is 9.57. The lowest BCUT2D eigenvalue weighted by molar-refractivity contribution is -0.137. The first kappa shape index (κ1) is 36.3. The maximum atomic E-state index is 14.4. The van der Waals surface area contributed by atoms with E-state index in [0.717, 1.165) is 44.9 Å². The molecule has 12 nitrogen and oxygen atoms in total. The van der Waals surface area contributed by atoms with Gasteiger partial charge in [-0.25, -0.2) is 4.79 Å². The number of nitrogens with one attached hydrogen (secondary N) is 2. The Morgan fingerprint density at radius 2 is 1.61 bits per heavy atom. The van der Waals surface area contributed by atoms with E-state index in [1.54, 1.807) is 53.1 Å². The summed E-state index contributed by atoms with van der Waals surface area (Å²) >= 11 is 0. The highest BCUT2D eigenvalue weighted by atomic mass is 16.7. The van der Waals surface area contributed by atoms with Gasteiger partial charge in [-0.1, -0.05) is 26.2 Å². The van der Waals surface area contributed by atoms with Crippen LogP contribution < -0.4 is 24.8 Å². The number of likely N-dealkylation sites (N-methyl/N-ethyl adjacent to an activating group) is 1. The average molecular weight is 681 g/mol. The summed E-state index contributed by atoms with van der Waals surface area (Å²) in [5.41, 5.74) is 1.20. The number of hydrogen-bond acceptors (Lipinski definition) is 8. The van der Waals surface area contributed by atoms with E-state index in [2.05, 4.69) is 10.6 Å². The van der Waals surface area contributed by atoms with Crippen LogP contribution in [-0.4, -0.2) is 91.1 Å². The van der Waals surface area contributed by atoms with Crippen LogP contribution in [0.2, 0.25) is 0 Å². The van der Waals surface area contributed by atoms with Crippen LogP contribution >= 0.6 is 0 Å². The third-order valence-electron chi connectivity index (χ3n) is 9.72. The van der Waals surface area contributed by atoms with Crippen LogP contribution in [0.4, 0.5) is 16.2 Å². The summed E-state index contributed by atoms with van der Waals surface area (Å²) in [6, 6.07) is 9.12. The van der Waals surface area contributed by atoms with Gasteiger partial charge in [-0.2, -0.15) is 0 Å². The minimum Gasteiger partial charge on any atom is -0.490 e. The van der Waals surface area contributed by atoms with Crippen LogP contribution in [0.5, 0.6) is 17.2 Å². The highest BCUT2D eigenvalue weighted by molar-refractivity contribution is 6.02. The standard InChI is InChI=1S/C37H52N4O8/c1-24-20-41(25(2)22-42)36(44)30-18-28(38-37(45)39-29-14-16-32-33(19-29)48-23-47-32)13-15-31(30)49-26(3)10-8-9-17-46-34(24)21-40(4)35(43)27-11-6-5-7-12-27/h13-16,18-19,24-27,34,42H,5-12,17,20-23H2,1-4H3,(H2,38,39,45)/t24-,25+,26-,34+/m1/s1. The summed E-state index contributed by atoms with van der Waals surface area (Å²) in [5, 5.41) is 15.9. The van der Waals surface area contributed by atoms with E-state index in [1.807, 2.05) is 20.9 Å². The molecule has 5 rings (SSSR count). The summed E-state index contributed by atoms with van der Waals surface area (Å²) in [7, 11) is 1.85. The number of rotatable bonds is 7. The van der Waals surface area contributed by atoms with Crippen molar-refractivity contribution in [2.24, 2.45) is 11.8 Å². The average Bonchev–Trinajstić information content (AvgIpc) is 3.57. The molecule has 2 aliphatic heterocycles. The van der Waals surface area contributed by atoms with Crippen LogP contribution in [-0.2, 0) is 9.53 Å². The van der Waals surface area contributed by atoms with Gasteiger partial charge < -0.3 is 44.5 Å². The summed E-state index contributed by atoms with van der Waals surface area (Å²) in [6.45, 7) is 6.93. The molecular weight excluding hydrogens is 628 g/mol. The van der Waals surface area contributed by atoms with Crippen LogP contribution in [0.25, 0.3) is 0 Å². The largest absolute Gasteiger partial charge is 0.490 e. The summed E-state index contributed by atoms with van der Waals surface area (Å²) in [4.78, 5) is 44.2. The minimum atomic E-state index is -0.513. The van der Waals surface area contributed by atoms with Crippen LogP contribution in [0.3, 0.4) is 0 Å². The number of urea groups is 1. The van der Waals surface area contributed by atoms with Gasteiger partial charge in [0.25, 0.3) is 5.91 Å². The van der Waals surface area contributed by atoms with E-state index in [9.17, 15) is 19.5 Å². The Hall–Kier alpha value is -4.03. The number of carbonyl (C=O) groups excluding carboxylic acids is 3. The highest BCUT2D eigenvalue weighted by Gasteiger charge is 2.32. The van der Waals surface area contributed by atoms with Crippen molar-refractivity contribution >= 4 is 29.2 Å². The smallest absolute Gasteiger partial charge is 0.323 e. The lowest BCUT2D eigenvalue weighted by Gasteiger charge is -2.36. The molecule has 12 heteroatoms. The summed E-state index contributed by atoms with van der Waals surface area (Å²) < 4.78 is 23.5. The Morgan fingerprint density at radius 1 is 0.939 bits per heavy atom. The normalized spacial score (nSPS) is 22.7. The molecule has 1 fully saturated rings. The van der Waals surface area contributed by atoms with Crippen molar-refractivity contribution < 1.29 is 38.4 Å². The van der Waals surface area contributed by atoms with E-state index in [1.165, 1.54) is 6.42 Å². The molecule has 3 N–H and O–H groups in total. The molecule has 2 heterocycles. The number of aliphatic hydroxyl groups excluding tert-OH is 1. The van der Waals surface area contributed by atoms with Crippen LogP contribution in [0.1, 0.15) is 82.5 Å². The maximum absolute atomic E-state index is 14.4. The van der Waals surface area contributed by atoms with E-state index in [-0.39, 0.29) is 61.4 Å². The van der Waals surface area contributed by atoms with Gasteiger partial charge in [-0.05, 0) is 76.3 Å².